The van der Waals surface area contributed by atoms with Crippen LogP contribution in [0.3, 0.4) is 0 Å². The Kier molecular flexibility index (Phi) is 2.92. The molecule has 0 spiro atoms. The first-order valence-electron chi connectivity index (χ1n) is 5.66. The fourth-order valence-corrected chi connectivity index (χ4v) is 2.55. The first kappa shape index (κ1) is 11.7. The van der Waals surface area contributed by atoms with Gasteiger partial charge in [0.1, 0.15) is 5.75 Å². The Morgan fingerprint density at radius 2 is 2.05 bits per heavy atom. The van der Waals surface area contributed by atoms with Crippen molar-refractivity contribution < 1.29 is 4.74 Å². The fraction of sp³-hybridized carbons (Fsp3) is 0.0769. The van der Waals surface area contributed by atoms with Crippen molar-refractivity contribution >= 4 is 17.2 Å². The second-order valence-corrected chi connectivity index (χ2v) is 4.84. The number of aromatic nitrogens is 3. The predicted octanol–water partition coefficient (Wildman–Crippen LogP) is 2.79. The van der Waals surface area contributed by atoms with Crippen LogP contribution in [-0.4, -0.2) is 22.3 Å². The smallest absolute Gasteiger partial charge is 0.153 e. The van der Waals surface area contributed by atoms with Crippen molar-refractivity contribution in [2.75, 3.05) is 12.8 Å². The van der Waals surface area contributed by atoms with E-state index in [1.807, 2.05) is 24.3 Å². The number of H-pyrrole nitrogens is 1. The standard InChI is InChI=1S/C13H12N4OS/c1-18-9-4-2-8(3-5-9)11-12(16-17-13(11)14)10-6-15-7-19-10/h2-7H,1H3,(H3,14,16,17). The van der Waals surface area contributed by atoms with Crippen LogP contribution in [0.15, 0.2) is 36.0 Å². The van der Waals surface area contributed by atoms with E-state index in [-0.39, 0.29) is 0 Å². The lowest BCUT2D eigenvalue weighted by Crippen LogP contribution is -1.89. The van der Waals surface area contributed by atoms with E-state index in [1.54, 1.807) is 30.2 Å². The van der Waals surface area contributed by atoms with Crippen molar-refractivity contribution in [3.05, 3.63) is 36.0 Å². The SMILES string of the molecule is COc1ccc(-c2c(N)n[nH]c2-c2cncs2)cc1. The molecule has 0 bridgehead atoms. The van der Waals surface area contributed by atoms with Gasteiger partial charge in [0.05, 0.1) is 28.8 Å². The molecule has 0 fully saturated rings. The van der Waals surface area contributed by atoms with E-state index in [1.165, 1.54) is 0 Å². The maximum atomic E-state index is 5.96. The summed E-state index contributed by atoms with van der Waals surface area (Å²) in [5.74, 6) is 1.29. The van der Waals surface area contributed by atoms with Gasteiger partial charge in [-0.05, 0) is 17.7 Å². The molecule has 0 radical (unpaired) electrons. The number of anilines is 1. The lowest BCUT2D eigenvalue weighted by molar-refractivity contribution is 0.415. The average Bonchev–Trinajstić information content (AvgIpc) is 3.08. The van der Waals surface area contributed by atoms with Crippen molar-refractivity contribution in [1.29, 1.82) is 0 Å². The second-order valence-electron chi connectivity index (χ2n) is 3.95. The van der Waals surface area contributed by atoms with Crippen LogP contribution >= 0.6 is 11.3 Å². The lowest BCUT2D eigenvalue weighted by Gasteiger charge is -2.04. The van der Waals surface area contributed by atoms with E-state index in [9.17, 15) is 0 Å². The third-order valence-electron chi connectivity index (χ3n) is 2.85. The van der Waals surface area contributed by atoms with E-state index in [4.69, 9.17) is 10.5 Å². The number of aromatic amines is 1. The highest BCUT2D eigenvalue weighted by Crippen LogP contribution is 2.36. The average molecular weight is 272 g/mol. The highest BCUT2D eigenvalue weighted by atomic mass is 32.1. The zero-order chi connectivity index (χ0) is 13.2. The normalized spacial score (nSPS) is 10.6. The minimum absolute atomic E-state index is 0.480. The molecule has 0 aliphatic carbocycles. The number of benzene rings is 1. The number of nitrogens with zero attached hydrogens (tertiary/aromatic N) is 2. The van der Waals surface area contributed by atoms with Crippen LogP contribution in [0, 0.1) is 0 Å². The minimum Gasteiger partial charge on any atom is -0.497 e. The molecule has 0 saturated heterocycles. The van der Waals surface area contributed by atoms with E-state index >= 15 is 0 Å². The van der Waals surface area contributed by atoms with Crippen molar-refractivity contribution in [2.24, 2.45) is 0 Å². The maximum absolute atomic E-state index is 5.96. The van der Waals surface area contributed by atoms with Crippen LogP contribution < -0.4 is 10.5 Å². The number of ether oxygens (including phenoxy) is 1. The minimum atomic E-state index is 0.480. The number of thiazole rings is 1. The Balaban J connectivity index is 2.11. The Morgan fingerprint density at radius 3 is 2.68 bits per heavy atom. The van der Waals surface area contributed by atoms with Gasteiger partial charge in [-0.15, -0.1) is 11.3 Å². The topological polar surface area (TPSA) is 76.8 Å². The molecule has 3 N–H and O–H groups in total. The van der Waals surface area contributed by atoms with Crippen LogP contribution in [0.5, 0.6) is 5.75 Å². The summed E-state index contributed by atoms with van der Waals surface area (Å²) in [6, 6.07) is 7.73. The highest BCUT2D eigenvalue weighted by Gasteiger charge is 2.15. The number of nitrogen functional groups attached to an aromatic ring is 1. The largest absolute Gasteiger partial charge is 0.497 e. The molecule has 96 valence electrons. The van der Waals surface area contributed by atoms with Crippen LogP contribution in [0.2, 0.25) is 0 Å². The first-order valence-corrected chi connectivity index (χ1v) is 6.54. The molecule has 6 heteroatoms. The third kappa shape index (κ3) is 2.06. The zero-order valence-corrected chi connectivity index (χ0v) is 11.1. The second kappa shape index (κ2) is 4.74. The molecule has 19 heavy (non-hydrogen) atoms. The summed E-state index contributed by atoms with van der Waals surface area (Å²) in [6.07, 6.45) is 1.80. The highest BCUT2D eigenvalue weighted by molar-refractivity contribution is 7.13. The number of methoxy groups -OCH3 is 1. The molecule has 0 unspecified atom stereocenters. The lowest BCUT2D eigenvalue weighted by atomic mass is 10.0. The molecule has 3 aromatic rings. The molecule has 0 saturated carbocycles. The number of nitrogens with two attached hydrogens (primary N) is 1. The summed E-state index contributed by atoms with van der Waals surface area (Å²) in [5.41, 5.74) is 10.5. The maximum Gasteiger partial charge on any atom is 0.153 e. The Hall–Kier alpha value is -2.34. The van der Waals surface area contributed by atoms with Crippen molar-refractivity contribution in [3.63, 3.8) is 0 Å². The van der Waals surface area contributed by atoms with Gasteiger partial charge in [-0.3, -0.25) is 10.1 Å². The van der Waals surface area contributed by atoms with Crippen LogP contribution in [-0.2, 0) is 0 Å². The number of rotatable bonds is 3. The van der Waals surface area contributed by atoms with Crippen molar-refractivity contribution in [1.82, 2.24) is 15.2 Å². The van der Waals surface area contributed by atoms with E-state index < -0.39 is 0 Å². The fourth-order valence-electron chi connectivity index (χ4n) is 1.92. The van der Waals surface area contributed by atoms with E-state index in [0.717, 1.165) is 27.4 Å². The summed E-state index contributed by atoms with van der Waals surface area (Å²) in [5, 5.41) is 7.06. The summed E-state index contributed by atoms with van der Waals surface area (Å²) >= 11 is 1.54. The van der Waals surface area contributed by atoms with Gasteiger partial charge in [0.25, 0.3) is 0 Å². The Labute approximate surface area is 114 Å². The van der Waals surface area contributed by atoms with Crippen molar-refractivity contribution in [2.45, 2.75) is 0 Å². The van der Waals surface area contributed by atoms with Gasteiger partial charge >= 0.3 is 0 Å². The van der Waals surface area contributed by atoms with Gasteiger partial charge < -0.3 is 10.5 Å². The quantitative estimate of drug-likeness (QED) is 0.768. The zero-order valence-electron chi connectivity index (χ0n) is 10.3. The molecule has 5 nitrogen and oxygen atoms in total. The summed E-state index contributed by atoms with van der Waals surface area (Å²) in [4.78, 5) is 5.09. The molecule has 2 heterocycles. The molecule has 3 rings (SSSR count). The molecular formula is C13H12N4OS. The van der Waals surface area contributed by atoms with Gasteiger partial charge in [-0.1, -0.05) is 12.1 Å². The Morgan fingerprint density at radius 1 is 1.26 bits per heavy atom. The van der Waals surface area contributed by atoms with E-state index in [0.29, 0.717) is 5.82 Å². The summed E-state index contributed by atoms with van der Waals surface area (Å²) < 4.78 is 5.16. The van der Waals surface area contributed by atoms with Crippen molar-refractivity contribution in [3.8, 4) is 27.4 Å². The van der Waals surface area contributed by atoms with Gasteiger partial charge in [0.2, 0.25) is 0 Å². The molecule has 0 aliphatic heterocycles. The molecule has 1 aromatic carbocycles. The monoisotopic (exact) mass is 272 g/mol. The van der Waals surface area contributed by atoms with Gasteiger partial charge in [0, 0.05) is 6.20 Å². The number of hydrogen-bond acceptors (Lipinski definition) is 5. The predicted molar refractivity (Wildman–Crippen MR) is 76.1 cm³/mol. The van der Waals surface area contributed by atoms with Crippen LogP contribution in [0.25, 0.3) is 21.7 Å². The molecular weight excluding hydrogens is 260 g/mol. The van der Waals surface area contributed by atoms with E-state index in [2.05, 4.69) is 15.2 Å². The molecule has 0 aliphatic rings. The number of hydrogen-bond donors (Lipinski definition) is 2. The summed E-state index contributed by atoms with van der Waals surface area (Å²) in [6.45, 7) is 0. The van der Waals surface area contributed by atoms with Crippen LogP contribution in [0.1, 0.15) is 0 Å². The molecule has 2 aromatic heterocycles. The first-order chi connectivity index (χ1) is 9.29. The van der Waals surface area contributed by atoms with Crippen LogP contribution in [0.4, 0.5) is 5.82 Å². The van der Waals surface area contributed by atoms with Gasteiger partial charge in [0.15, 0.2) is 5.82 Å². The number of nitrogens with one attached hydrogen (secondary N) is 1. The van der Waals surface area contributed by atoms with Gasteiger partial charge in [-0.2, -0.15) is 5.10 Å². The van der Waals surface area contributed by atoms with Gasteiger partial charge in [-0.25, -0.2) is 0 Å². The molecule has 0 atom stereocenters. The Bertz CT molecular complexity index is 673. The summed E-state index contributed by atoms with van der Waals surface area (Å²) in [7, 11) is 1.64. The third-order valence-corrected chi connectivity index (χ3v) is 3.64. The molecule has 0 amide bonds.